The molecule has 3 N–H and O–H groups in total. The molecule has 0 bridgehead atoms. The van der Waals surface area contributed by atoms with Crippen LogP contribution in [-0.2, 0) is 32.7 Å². The van der Waals surface area contributed by atoms with Crippen LogP contribution >= 0.6 is 7.82 Å². The first-order valence-corrected chi connectivity index (χ1v) is 22.3. The Morgan fingerprint density at radius 2 is 1.10 bits per heavy atom. The monoisotopic (exact) mass is 744 g/mol. The molecule has 3 unspecified atom stereocenters. The third-order valence-electron chi connectivity index (χ3n) is 8.81. The van der Waals surface area contributed by atoms with Gasteiger partial charge in [-0.25, -0.2) is 9.36 Å². The van der Waals surface area contributed by atoms with Gasteiger partial charge in [0.15, 0.2) is 6.10 Å². The SMILES string of the molecule is CCCCCCCC/C=C/CCCCCCCC(=O)OCC(C)OC(=O)C(CCCCCC/C=C/CCCCCCCC)OP(=O)(O)OCCN. The number of esters is 2. The van der Waals surface area contributed by atoms with Crippen molar-refractivity contribution in [1.29, 1.82) is 0 Å². The minimum absolute atomic E-state index is 0.0375. The van der Waals surface area contributed by atoms with Crippen molar-refractivity contribution in [2.24, 2.45) is 5.73 Å². The van der Waals surface area contributed by atoms with Crippen molar-refractivity contribution >= 4 is 19.8 Å². The molecule has 3 atom stereocenters. The summed E-state index contributed by atoms with van der Waals surface area (Å²) in [5, 5.41) is 0. The van der Waals surface area contributed by atoms with Gasteiger partial charge in [0.2, 0.25) is 0 Å². The summed E-state index contributed by atoms with van der Waals surface area (Å²) >= 11 is 0. The smallest absolute Gasteiger partial charge is 0.462 e. The van der Waals surface area contributed by atoms with Gasteiger partial charge in [-0.2, -0.15) is 0 Å². The topological polar surface area (TPSA) is 134 Å². The number of hydrogen-bond donors (Lipinski definition) is 2. The second-order valence-electron chi connectivity index (χ2n) is 14.0. The van der Waals surface area contributed by atoms with Gasteiger partial charge in [-0.05, 0) is 71.1 Å². The Balaban J connectivity index is 4.25. The molecule has 0 saturated heterocycles. The second kappa shape index (κ2) is 36.8. The van der Waals surface area contributed by atoms with Gasteiger partial charge in [0, 0.05) is 13.0 Å². The number of carbonyl (C=O) groups is 2. The van der Waals surface area contributed by atoms with Crippen molar-refractivity contribution in [3.63, 3.8) is 0 Å². The Bertz CT molecular complexity index is 912. The van der Waals surface area contributed by atoms with E-state index in [9.17, 15) is 19.0 Å². The van der Waals surface area contributed by atoms with Crippen LogP contribution in [0.2, 0.25) is 0 Å². The van der Waals surface area contributed by atoms with Crippen molar-refractivity contribution in [1.82, 2.24) is 0 Å². The van der Waals surface area contributed by atoms with Crippen LogP contribution in [0.1, 0.15) is 194 Å². The van der Waals surface area contributed by atoms with Crippen LogP contribution in [0.25, 0.3) is 0 Å². The average Bonchev–Trinajstić information content (AvgIpc) is 3.11. The summed E-state index contributed by atoms with van der Waals surface area (Å²) in [4.78, 5) is 35.3. The van der Waals surface area contributed by atoms with Crippen LogP contribution in [0.3, 0.4) is 0 Å². The highest BCUT2D eigenvalue weighted by Crippen LogP contribution is 2.45. The number of unbranched alkanes of at least 4 members (excludes halogenated alkanes) is 21. The van der Waals surface area contributed by atoms with Crippen LogP contribution in [0.5, 0.6) is 0 Å². The predicted molar refractivity (Wildman–Crippen MR) is 211 cm³/mol. The van der Waals surface area contributed by atoms with E-state index >= 15 is 0 Å². The maximum atomic E-state index is 12.9. The molecule has 0 heterocycles. The van der Waals surface area contributed by atoms with Gasteiger partial charge in [-0.15, -0.1) is 0 Å². The lowest BCUT2D eigenvalue weighted by Gasteiger charge is -2.22. The van der Waals surface area contributed by atoms with E-state index in [0.717, 1.165) is 64.2 Å². The van der Waals surface area contributed by atoms with E-state index < -0.39 is 26.0 Å². The zero-order chi connectivity index (χ0) is 37.7. The van der Waals surface area contributed by atoms with Crippen LogP contribution in [0.4, 0.5) is 0 Å². The van der Waals surface area contributed by atoms with E-state index in [1.54, 1.807) is 6.92 Å². The molecule has 0 radical (unpaired) electrons. The fourth-order valence-corrected chi connectivity index (χ4v) is 6.64. The lowest BCUT2D eigenvalue weighted by Crippen LogP contribution is -2.31. The third kappa shape index (κ3) is 35.3. The predicted octanol–water partition coefficient (Wildman–Crippen LogP) is 11.6. The molecule has 9 nitrogen and oxygen atoms in total. The summed E-state index contributed by atoms with van der Waals surface area (Å²) in [5.41, 5.74) is 5.38. The zero-order valence-corrected chi connectivity index (χ0v) is 33.9. The first kappa shape index (κ1) is 49.5. The lowest BCUT2D eigenvalue weighted by atomic mass is 10.1. The molecule has 0 fully saturated rings. The number of allylic oxidation sites excluding steroid dienone is 4. The minimum Gasteiger partial charge on any atom is -0.462 e. The Morgan fingerprint density at radius 1 is 0.667 bits per heavy atom. The van der Waals surface area contributed by atoms with Crippen LogP contribution < -0.4 is 5.73 Å². The zero-order valence-electron chi connectivity index (χ0n) is 33.0. The normalized spacial score (nSPS) is 14.2. The van der Waals surface area contributed by atoms with Gasteiger partial charge in [0.1, 0.15) is 12.7 Å². The molecule has 300 valence electrons. The van der Waals surface area contributed by atoms with E-state index in [2.05, 4.69) is 38.2 Å². The molecule has 0 aromatic carbocycles. The molecule has 0 aliphatic rings. The fourth-order valence-electron chi connectivity index (χ4n) is 5.73. The van der Waals surface area contributed by atoms with Gasteiger partial charge < -0.3 is 20.1 Å². The molecule has 0 saturated carbocycles. The molecular formula is C41H78NO8P. The van der Waals surface area contributed by atoms with Gasteiger partial charge in [-0.1, -0.05) is 141 Å². The first-order valence-electron chi connectivity index (χ1n) is 20.8. The van der Waals surface area contributed by atoms with Crippen LogP contribution in [0.15, 0.2) is 24.3 Å². The molecular weight excluding hydrogens is 665 g/mol. The Kier molecular flexibility index (Phi) is 35.7. The molecule has 0 aliphatic heterocycles. The highest BCUT2D eigenvalue weighted by molar-refractivity contribution is 7.47. The number of hydrogen-bond acceptors (Lipinski definition) is 8. The van der Waals surface area contributed by atoms with E-state index in [-0.39, 0.29) is 32.1 Å². The number of nitrogens with two attached hydrogens (primary N) is 1. The standard InChI is InChI=1S/C41H78NO8P/c1-4-6-8-10-12-14-16-18-20-22-24-26-28-30-32-34-40(43)47-37-38(3)49-41(44)39(50-51(45,46)48-36-35-42)33-31-29-27-25-23-21-19-17-15-13-11-9-7-5-2/h18-21,38-39H,4-17,22-37,42H2,1-3H3,(H,45,46)/b20-18+,21-19+. The summed E-state index contributed by atoms with van der Waals surface area (Å²) in [7, 11) is -4.50. The third-order valence-corrected chi connectivity index (χ3v) is 9.84. The highest BCUT2D eigenvalue weighted by atomic mass is 31.2. The van der Waals surface area contributed by atoms with E-state index in [4.69, 9.17) is 24.3 Å². The van der Waals surface area contributed by atoms with Crippen molar-refractivity contribution in [3.8, 4) is 0 Å². The van der Waals surface area contributed by atoms with Gasteiger partial charge in [-0.3, -0.25) is 13.8 Å². The summed E-state index contributed by atoms with van der Waals surface area (Å²) < 4.78 is 33.2. The largest absolute Gasteiger partial charge is 0.473 e. The molecule has 0 spiro atoms. The Hall–Kier alpha value is -1.51. The molecule has 0 aliphatic carbocycles. The summed E-state index contributed by atoms with van der Waals surface area (Å²) in [6.07, 6.45) is 36.6. The van der Waals surface area contributed by atoms with Gasteiger partial charge in [0.25, 0.3) is 0 Å². The van der Waals surface area contributed by atoms with Gasteiger partial charge in [0.05, 0.1) is 6.61 Å². The summed E-state index contributed by atoms with van der Waals surface area (Å²) in [6, 6.07) is 0. The summed E-state index contributed by atoms with van der Waals surface area (Å²) in [5.74, 6) is -1.10. The van der Waals surface area contributed by atoms with Crippen LogP contribution in [0, 0.1) is 0 Å². The molecule has 0 aromatic heterocycles. The number of ether oxygens (including phenoxy) is 2. The molecule has 51 heavy (non-hydrogen) atoms. The quantitative estimate of drug-likeness (QED) is 0.0274. The lowest BCUT2D eigenvalue weighted by molar-refractivity contribution is -0.164. The second-order valence-corrected chi connectivity index (χ2v) is 15.4. The minimum atomic E-state index is -4.50. The molecule has 0 aromatic rings. The van der Waals surface area contributed by atoms with Crippen molar-refractivity contribution in [3.05, 3.63) is 24.3 Å². The number of carbonyl (C=O) groups excluding carboxylic acids is 2. The first-order chi connectivity index (χ1) is 24.8. The maximum Gasteiger partial charge on any atom is 0.473 e. The molecule has 10 heteroatoms. The molecule has 0 amide bonds. The van der Waals surface area contributed by atoms with E-state index in [0.29, 0.717) is 12.8 Å². The average molecular weight is 744 g/mol. The number of phosphoric ester groups is 1. The maximum absolute atomic E-state index is 12.9. The van der Waals surface area contributed by atoms with E-state index in [1.165, 1.54) is 89.9 Å². The summed E-state index contributed by atoms with van der Waals surface area (Å²) in [6.45, 7) is 5.88. The van der Waals surface area contributed by atoms with E-state index in [1.807, 2.05) is 0 Å². The Labute approximate surface area is 312 Å². The highest BCUT2D eigenvalue weighted by Gasteiger charge is 2.32. The fraction of sp³-hybridized carbons (Fsp3) is 0.854. The molecule has 0 rings (SSSR count). The van der Waals surface area contributed by atoms with Gasteiger partial charge >= 0.3 is 19.8 Å². The van der Waals surface area contributed by atoms with Crippen molar-refractivity contribution < 1.29 is 37.6 Å². The van der Waals surface area contributed by atoms with Crippen molar-refractivity contribution in [2.75, 3.05) is 19.8 Å². The van der Waals surface area contributed by atoms with Crippen molar-refractivity contribution in [2.45, 2.75) is 206 Å². The van der Waals surface area contributed by atoms with Crippen LogP contribution in [-0.4, -0.2) is 48.8 Å². The Morgan fingerprint density at radius 3 is 1.57 bits per heavy atom. The number of rotatable bonds is 38. The number of phosphoric acid groups is 1.